The van der Waals surface area contributed by atoms with E-state index in [2.05, 4.69) is 25.0 Å². The van der Waals surface area contributed by atoms with E-state index in [-0.39, 0.29) is 19.3 Å². The Hall–Kier alpha value is -0.713. The molecule has 0 aromatic carbocycles. The fourth-order valence-electron chi connectivity index (χ4n) is 1.88. The van der Waals surface area contributed by atoms with Crippen molar-refractivity contribution in [3.63, 3.8) is 0 Å². The Morgan fingerprint density at radius 1 is 0.808 bits per heavy atom. The number of aliphatic hydroxyl groups is 1. The average molecular weight is 396 g/mol. The Kier molecular flexibility index (Phi) is 17.2. The highest BCUT2D eigenvalue weighted by atomic mass is 28.3. The summed E-state index contributed by atoms with van der Waals surface area (Å²) in [6.45, 7) is 11.4. The summed E-state index contributed by atoms with van der Waals surface area (Å²) in [7, 11) is -1.04. The van der Waals surface area contributed by atoms with Gasteiger partial charge in [0.25, 0.3) is 0 Å². The molecule has 0 aliphatic heterocycles. The number of rotatable bonds is 18. The molecule has 26 heavy (non-hydrogen) atoms. The second-order valence-corrected chi connectivity index (χ2v) is 12.5. The van der Waals surface area contributed by atoms with Gasteiger partial charge in [-0.3, -0.25) is 0 Å². The Labute approximate surface area is 158 Å². The minimum Gasteiger partial charge on any atom is -0.447 e. The molecule has 0 fully saturated rings. The molecule has 0 saturated carbocycles. The molecule has 0 aliphatic carbocycles. The zero-order valence-corrected chi connectivity index (χ0v) is 17.6. The van der Waals surface area contributed by atoms with E-state index < -0.39 is 8.07 Å². The van der Waals surface area contributed by atoms with Crippen LogP contribution in [0.15, 0.2) is 0 Å². The Morgan fingerprint density at radius 2 is 1.27 bits per heavy atom. The number of hydrogen-bond acceptors (Lipinski definition) is 7. The van der Waals surface area contributed by atoms with Crippen LogP contribution in [0.5, 0.6) is 0 Å². The highest BCUT2D eigenvalue weighted by Crippen LogP contribution is 2.09. The lowest BCUT2D eigenvalue weighted by molar-refractivity contribution is -0.00938. The van der Waals surface area contributed by atoms with Gasteiger partial charge in [-0.2, -0.15) is 0 Å². The maximum Gasteiger partial charge on any atom is 0.407 e. The number of nitrogens with one attached hydrogen (secondary N) is 1. The molecular weight excluding hydrogens is 358 g/mol. The summed E-state index contributed by atoms with van der Waals surface area (Å²) in [5.41, 5.74) is 0. The first-order valence-electron chi connectivity index (χ1n) is 9.28. The maximum absolute atomic E-state index is 11.4. The van der Waals surface area contributed by atoms with Crippen molar-refractivity contribution in [2.75, 3.05) is 72.6 Å². The molecule has 0 unspecified atom stereocenters. The summed E-state index contributed by atoms with van der Waals surface area (Å²) in [6, 6.07) is 1.19. The van der Waals surface area contributed by atoms with Gasteiger partial charge in [0.05, 0.1) is 59.5 Å². The molecule has 0 aromatic rings. The number of carbonyl (C=O) groups excluding carboxylic acids is 1. The van der Waals surface area contributed by atoms with Gasteiger partial charge in [-0.05, 0) is 6.42 Å². The monoisotopic (exact) mass is 395 g/mol. The minimum atomic E-state index is -1.04. The van der Waals surface area contributed by atoms with Crippen molar-refractivity contribution in [3.8, 4) is 0 Å². The number of hydrogen-bond donors (Lipinski definition) is 2. The number of alkyl carbamates (subject to hydrolysis) is 1. The highest BCUT2D eigenvalue weighted by molar-refractivity contribution is 6.76. The Morgan fingerprint density at radius 3 is 1.73 bits per heavy atom. The lowest BCUT2D eigenvalue weighted by Gasteiger charge is -2.15. The van der Waals surface area contributed by atoms with Crippen LogP contribution in [-0.4, -0.2) is 91.9 Å². The average Bonchev–Trinajstić information content (AvgIpc) is 2.58. The van der Waals surface area contributed by atoms with Gasteiger partial charge in [-0.15, -0.1) is 0 Å². The van der Waals surface area contributed by atoms with E-state index in [9.17, 15) is 4.79 Å². The zero-order valence-electron chi connectivity index (χ0n) is 16.6. The summed E-state index contributed by atoms with van der Waals surface area (Å²) >= 11 is 0. The van der Waals surface area contributed by atoms with E-state index in [0.717, 1.165) is 6.42 Å². The molecule has 0 aliphatic rings. The molecule has 9 heteroatoms. The highest BCUT2D eigenvalue weighted by Gasteiger charge is 2.12. The second-order valence-electron chi connectivity index (χ2n) is 6.90. The van der Waals surface area contributed by atoms with Crippen molar-refractivity contribution in [1.82, 2.24) is 5.32 Å². The van der Waals surface area contributed by atoms with E-state index in [1.54, 1.807) is 0 Å². The predicted molar refractivity (Wildman–Crippen MR) is 102 cm³/mol. The van der Waals surface area contributed by atoms with Gasteiger partial charge in [0, 0.05) is 14.6 Å². The second kappa shape index (κ2) is 17.7. The normalized spacial score (nSPS) is 11.5. The zero-order chi connectivity index (χ0) is 19.5. The predicted octanol–water partition coefficient (Wildman–Crippen LogP) is 1.50. The standard InChI is InChI=1S/C17H37NO7Si/c1-26(2,3)16-4-5-18-17(20)25-15-14-24-13-12-23-11-10-22-9-8-21-7-6-19/h19H,4-16H2,1-3H3,(H,18,20). The van der Waals surface area contributed by atoms with Crippen LogP contribution < -0.4 is 5.32 Å². The molecule has 0 aromatic heterocycles. The molecule has 0 atom stereocenters. The number of carbonyl (C=O) groups is 1. The SMILES string of the molecule is C[Si](C)(C)CCCNC(=O)OCCOCCOCCOCCOCCO. The van der Waals surface area contributed by atoms with Crippen LogP contribution in [0.1, 0.15) is 6.42 Å². The Balaban J connectivity index is 3.17. The summed E-state index contributed by atoms with van der Waals surface area (Å²) in [4.78, 5) is 11.4. The lowest BCUT2D eigenvalue weighted by atomic mass is 10.5. The smallest absolute Gasteiger partial charge is 0.407 e. The molecular formula is C17H37NO7Si. The van der Waals surface area contributed by atoms with Crippen LogP contribution in [0.4, 0.5) is 4.79 Å². The molecule has 0 spiro atoms. The topological polar surface area (TPSA) is 95.5 Å². The minimum absolute atomic E-state index is 0.0253. The fraction of sp³-hybridized carbons (Fsp3) is 0.941. The van der Waals surface area contributed by atoms with Gasteiger partial charge in [0.2, 0.25) is 0 Å². The third-order valence-corrected chi connectivity index (χ3v) is 5.04. The molecule has 0 saturated heterocycles. The van der Waals surface area contributed by atoms with Gasteiger partial charge < -0.3 is 34.1 Å². The number of ether oxygens (including phenoxy) is 5. The summed E-state index contributed by atoms with van der Waals surface area (Å²) in [5.74, 6) is 0. The van der Waals surface area contributed by atoms with Crippen LogP contribution in [0.2, 0.25) is 25.7 Å². The lowest BCUT2D eigenvalue weighted by Crippen LogP contribution is -2.28. The van der Waals surface area contributed by atoms with Crippen molar-refractivity contribution in [2.45, 2.75) is 32.1 Å². The van der Waals surface area contributed by atoms with E-state index in [1.165, 1.54) is 6.04 Å². The molecule has 8 nitrogen and oxygen atoms in total. The summed E-state index contributed by atoms with van der Waals surface area (Å²) in [5, 5.41) is 11.3. The van der Waals surface area contributed by atoms with Crippen LogP contribution in [0.25, 0.3) is 0 Å². The van der Waals surface area contributed by atoms with Crippen molar-refractivity contribution >= 4 is 14.2 Å². The largest absolute Gasteiger partial charge is 0.447 e. The number of amides is 1. The molecule has 1 amide bonds. The van der Waals surface area contributed by atoms with Crippen LogP contribution in [0.3, 0.4) is 0 Å². The molecule has 0 rings (SSSR count). The van der Waals surface area contributed by atoms with Gasteiger partial charge in [-0.25, -0.2) is 4.79 Å². The first kappa shape index (κ1) is 25.3. The van der Waals surface area contributed by atoms with Crippen LogP contribution in [-0.2, 0) is 23.7 Å². The summed E-state index contributed by atoms with van der Waals surface area (Å²) < 4.78 is 26.0. The quantitative estimate of drug-likeness (QED) is 0.268. The number of aliphatic hydroxyl groups excluding tert-OH is 1. The third kappa shape index (κ3) is 21.3. The van der Waals surface area contributed by atoms with E-state index in [4.69, 9.17) is 28.8 Å². The van der Waals surface area contributed by atoms with Gasteiger partial charge >= 0.3 is 6.09 Å². The third-order valence-electron chi connectivity index (χ3n) is 3.19. The van der Waals surface area contributed by atoms with Gasteiger partial charge in [0.15, 0.2) is 0 Å². The van der Waals surface area contributed by atoms with Crippen LogP contribution >= 0.6 is 0 Å². The van der Waals surface area contributed by atoms with E-state index in [0.29, 0.717) is 59.4 Å². The molecule has 0 bridgehead atoms. The van der Waals surface area contributed by atoms with Gasteiger partial charge in [-0.1, -0.05) is 25.7 Å². The Bertz CT molecular complexity index is 327. The maximum atomic E-state index is 11.4. The van der Waals surface area contributed by atoms with E-state index >= 15 is 0 Å². The fourth-order valence-corrected chi connectivity index (χ4v) is 3.12. The first-order chi connectivity index (χ1) is 12.5. The summed E-state index contributed by atoms with van der Waals surface area (Å²) in [6.07, 6.45) is 0.610. The van der Waals surface area contributed by atoms with E-state index in [1.807, 2.05) is 0 Å². The molecule has 2 N–H and O–H groups in total. The van der Waals surface area contributed by atoms with Crippen molar-refractivity contribution in [2.24, 2.45) is 0 Å². The van der Waals surface area contributed by atoms with Gasteiger partial charge in [0.1, 0.15) is 6.61 Å². The first-order valence-corrected chi connectivity index (χ1v) is 13.0. The van der Waals surface area contributed by atoms with Crippen molar-refractivity contribution in [3.05, 3.63) is 0 Å². The molecule has 156 valence electrons. The van der Waals surface area contributed by atoms with Crippen molar-refractivity contribution in [1.29, 1.82) is 0 Å². The van der Waals surface area contributed by atoms with Crippen molar-refractivity contribution < 1.29 is 33.6 Å². The molecule has 0 radical (unpaired) electrons. The molecule has 0 heterocycles. The van der Waals surface area contributed by atoms with Crippen LogP contribution in [0, 0.1) is 0 Å².